The number of nitrogens with one attached hydrogen (secondary N) is 1. The summed E-state index contributed by atoms with van der Waals surface area (Å²) in [5.74, 6) is 0.508. The Kier molecular flexibility index (Phi) is 9.60. The number of likely N-dealkylation sites (tertiary alicyclic amines) is 1. The van der Waals surface area contributed by atoms with E-state index in [0.29, 0.717) is 70.8 Å². The third-order valence-electron chi connectivity index (χ3n) is 9.56. The minimum atomic E-state index is -4.65. The second-order valence-electron chi connectivity index (χ2n) is 12.9. The Labute approximate surface area is 287 Å². The van der Waals surface area contributed by atoms with Crippen molar-refractivity contribution in [2.45, 2.75) is 51.4 Å². The number of aromatic nitrogens is 4. The van der Waals surface area contributed by atoms with Crippen LogP contribution in [0.4, 0.5) is 24.8 Å². The number of carbonyl (C=O) groups is 1. The molecule has 2 aliphatic heterocycles. The van der Waals surface area contributed by atoms with Gasteiger partial charge in [-0.3, -0.25) is 14.6 Å². The normalized spacial score (nSPS) is 16.1. The number of pyridine rings is 1. The number of nitriles is 2. The predicted octanol–water partition coefficient (Wildman–Crippen LogP) is 5.91. The van der Waals surface area contributed by atoms with Gasteiger partial charge in [0.2, 0.25) is 0 Å². The van der Waals surface area contributed by atoms with Gasteiger partial charge >= 0.3 is 6.18 Å². The highest BCUT2D eigenvalue weighted by Gasteiger charge is 2.48. The van der Waals surface area contributed by atoms with Crippen molar-refractivity contribution in [2.24, 2.45) is 12.5 Å². The molecule has 4 heterocycles. The third-order valence-corrected chi connectivity index (χ3v) is 9.56. The number of rotatable bonds is 9. The van der Waals surface area contributed by atoms with Crippen LogP contribution in [0.1, 0.15) is 64.7 Å². The van der Waals surface area contributed by atoms with Gasteiger partial charge in [-0.15, -0.1) is 10.2 Å². The molecule has 3 aliphatic rings. The van der Waals surface area contributed by atoms with Crippen molar-refractivity contribution in [3.8, 4) is 34.7 Å². The molecule has 7 rings (SSSR count). The topological polar surface area (TPSA) is 147 Å². The lowest BCUT2D eigenvalue weighted by molar-refractivity contribution is -0.138. The minimum Gasteiger partial charge on any atom is -0.400 e. The highest BCUT2D eigenvalue weighted by Crippen LogP contribution is 2.53. The number of nitrogens with zero attached hydrogens (tertiary/aromatic N) is 8. The minimum absolute atomic E-state index is 0.0298. The maximum atomic E-state index is 14.5. The number of benzene rings is 2. The molecule has 0 atom stereocenters. The molecule has 14 heteroatoms. The molecular formula is C36H36F3N9O2. The van der Waals surface area contributed by atoms with Gasteiger partial charge in [0.05, 0.1) is 29.8 Å². The molecule has 4 aromatic rings. The molecule has 2 fully saturated rings. The lowest BCUT2D eigenvalue weighted by atomic mass is 9.97. The number of aryl methyl sites for hydroxylation is 1. The van der Waals surface area contributed by atoms with E-state index in [9.17, 15) is 23.2 Å². The van der Waals surface area contributed by atoms with Crippen LogP contribution in [0.15, 0.2) is 48.8 Å². The van der Waals surface area contributed by atoms with Crippen molar-refractivity contribution >= 4 is 17.5 Å². The number of amides is 1. The number of carbonyl (C=O) groups excluding carboxylic acids is 1. The van der Waals surface area contributed by atoms with Crippen molar-refractivity contribution in [3.63, 3.8) is 0 Å². The number of alkyl halides is 3. The first kappa shape index (κ1) is 34.5. The molecule has 0 bridgehead atoms. The fourth-order valence-electron chi connectivity index (χ4n) is 6.86. The van der Waals surface area contributed by atoms with Gasteiger partial charge in [0.1, 0.15) is 18.0 Å². The van der Waals surface area contributed by atoms with E-state index < -0.39 is 17.6 Å². The van der Waals surface area contributed by atoms with Gasteiger partial charge in [0.15, 0.2) is 5.82 Å². The average Bonchev–Trinajstić information content (AvgIpc) is 3.36. The van der Waals surface area contributed by atoms with Gasteiger partial charge in [0.25, 0.3) is 5.91 Å². The Morgan fingerprint density at radius 1 is 1.04 bits per heavy atom. The molecule has 1 saturated carbocycles. The van der Waals surface area contributed by atoms with Crippen molar-refractivity contribution in [3.05, 3.63) is 76.6 Å². The number of aliphatic hydroxyl groups is 1. The maximum absolute atomic E-state index is 14.5. The van der Waals surface area contributed by atoms with E-state index in [-0.39, 0.29) is 23.5 Å². The Hall–Kier alpha value is -5.31. The summed E-state index contributed by atoms with van der Waals surface area (Å²) in [5, 5.41) is 37.1. The molecule has 2 aromatic heterocycles. The zero-order valence-electron chi connectivity index (χ0n) is 27.8. The second-order valence-corrected chi connectivity index (χ2v) is 12.9. The van der Waals surface area contributed by atoms with Gasteiger partial charge in [0, 0.05) is 51.3 Å². The molecule has 1 spiro atoms. The zero-order chi connectivity index (χ0) is 35.6. The average molecular weight is 684 g/mol. The fourth-order valence-corrected chi connectivity index (χ4v) is 6.86. The van der Waals surface area contributed by atoms with Crippen LogP contribution in [-0.2, 0) is 26.3 Å². The Morgan fingerprint density at radius 3 is 2.50 bits per heavy atom. The molecule has 11 nitrogen and oxygen atoms in total. The molecule has 1 aliphatic carbocycles. The highest BCUT2D eigenvalue weighted by atomic mass is 19.4. The second kappa shape index (κ2) is 13.9. The quantitative estimate of drug-likeness (QED) is 0.206. The van der Waals surface area contributed by atoms with Gasteiger partial charge in [-0.1, -0.05) is 0 Å². The summed E-state index contributed by atoms with van der Waals surface area (Å²) in [7, 11) is 2.79. The van der Waals surface area contributed by atoms with Crippen molar-refractivity contribution in [1.29, 1.82) is 10.5 Å². The number of hydrogen-bond acceptors (Lipinski definition) is 9. The van der Waals surface area contributed by atoms with E-state index in [2.05, 4.69) is 37.5 Å². The van der Waals surface area contributed by atoms with Gasteiger partial charge in [-0.2, -0.15) is 23.7 Å². The van der Waals surface area contributed by atoms with E-state index in [1.807, 2.05) is 0 Å². The SMILES string of the molecule is CO.Cn1cnnc1-c1ccc(C#N)cc1-c1cc(NCCCC#N)nc(N2Cc3c(cc(CN4CCC5(CC5)C4)cc3C(F)(F)F)C2=O)c1. The van der Waals surface area contributed by atoms with E-state index >= 15 is 0 Å². The van der Waals surface area contributed by atoms with E-state index in [0.717, 1.165) is 39.5 Å². The van der Waals surface area contributed by atoms with Crippen LogP contribution >= 0.6 is 0 Å². The molecule has 1 amide bonds. The van der Waals surface area contributed by atoms with Gasteiger partial charge in [-0.25, -0.2) is 4.98 Å². The number of hydrogen-bond donors (Lipinski definition) is 2. The maximum Gasteiger partial charge on any atom is 0.416 e. The number of anilines is 2. The third kappa shape index (κ3) is 6.90. The largest absolute Gasteiger partial charge is 0.416 e. The number of unbranched alkanes of at least 4 members (excludes halogenated alkanes) is 1. The molecular weight excluding hydrogens is 647 g/mol. The fraction of sp³-hybridized carbons (Fsp3) is 0.389. The molecule has 2 N–H and O–H groups in total. The molecule has 0 radical (unpaired) electrons. The number of aliphatic hydroxyl groups excluding tert-OH is 1. The summed E-state index contributed by atoms with van der Waals surface area (Å²) < 4.78 is 45.3. The summed E-state index contributed by atoms with van der Waals surface area (Å²) >= 11 is 0. The van der Waals surface area contributed by atoms with Crippen LogP contribution in [0, 0.1) is 28.1 Å². The zero-order valence-corrected chi connectivity index (χ0v) is 27.8. The number of fused-ring (bicyclic) bond motifs is 1. The van der Waals surface area contributed by atoms with Gasteiger partial charge in [-0.05, 0) is 102 Å². The standard InChI is InChI=1S/C35H32F3N9O.CH4O/c1-45-21-42-44-32(45)25-5-4-22(17-40)12-26(25)24-15-30(41-10-3-2-9-39)43-31(16-24)47-19-28-27(33(47)48)13-23(14-29(28)35(36,37)38)18-46-11-8-34(20-46)6-7-34;1-2/h4-5,12-16,21H,2-3,6-8,10-11,18-20H2,1H3,(H,41,43);2H,1H3. The van der Waals surface area contributed by atoms with Crippen molar-refractivity contribution in [1.82, 2.24) is 24.6 Å². The van der Waals surface area contributed by atoms with Crippen LogP contribution in [0.25, 0.3) is 22.5 Å². The first-order valence-corrected chi connectivity index (χ1v) is 16.3. The van der Waals surface area contributed by atoms with Crippen molar-refractivity contribution in [2.75, 3.05) is 37.0 Å². The van der Waals surface area contributed by atoms with Crippen LogP contribution in [0.3, 0.4) is 0 Å². The molecule has 2 aromatic carbocycles. The van der Waals surface area contributed by atoms with Crippen LogP contribution < -0.4 is 10.2 Å². The number of halogens is 3. The van der Waals surface area contributed by atoms with Crippen LogP contribution in [0.2, 0.25) is 0 Å². The van der Waals surface area contributed by atoms with E-state index in [1.54, 1.807) is 54.3 Å². The van der Waals surface area contributed by atoms with Gasteiger partial charge < -0.3 is 15.0 Å². The molecule has 50 heavy (non-hydrogen) atoms. The first-order valence-electron chi connectivity index (χ1n) is 16.3. The lowest BCUT2D eigenvalue weighted by Gasteiger charge is -2.19. The molecule has 1 saturated heterocycles. The molecule has 0 unspecified atom stereocenters. The van der Waals surface area contributed by atoms with E-state index in [4.69, 9.17) is 10.4 Å². The summed E-state index contributed by atoms with van der Waals surface area (Å²) in [6.45, 7) is 2.18. The lowest BCUT2D eigenvalue weighted by Crippen LogP contribution is -2.24. The summed E-state index contributed by atoms with van der Waals surface area (Å²) in [5.41, 5.74) is 2.18. The monoisotopic (exact) mass is 683 g/mol. The van der Waals surface area contributed by atoms with Crippen molar-refractivity contribution < 1.29 is 23.1 Å². The van der Waals surface area contributed by atoms with Crippen LogP contribution in [-0.4, -0.2) is 62.4 Å². The predicted molar refractivity (Wildman–Crippen MR) is 179 cm³/mol. The first-order chi connectivity index (χ1) is 24.1. The van der Waals surface area contributed by atoms with E-state index in [1.165, 1.54) is 11.0 Å². The Morgan fingerprint density at radius 2 is 1.84 bits per heavy atom. The van der Waals surface area contributed by atoms with Crippen LogP contribution in [0.5, 0.6) is 0 Å². The Balaban J connectivity index is 0.00000212. The summed E-state index contributed by atoms with van der Waals surface area (Å²) in [6, 6.07) is 15.6. The Bertz CT molecular complexity index is 2010. The summed E-state index contributed by atoms with van der Waals surface area (Å²) in [4.78, 5) is 22.2. The summed E-state index contributed by atoms with van der Waals surface area (Å²) in [6.07, 6.45) is 1.15. The smallest absolute Gasteiger partial charge is 0.400 e. The molecule has 258 valence electrons. The highest BCUT2D eigenvalue weighted by molar-refractivity contribution is 6.10.